The molecule has 0 aliphatic rings. The molecule has 0 unspecified atom stereocenters. The lowest BCUT2D eigenvalue weighted by Gasteiger charge is -2.12. The lowest BCUT2D eigenvalue weighted by Crippen LogP contribution is -2.37. The number of benzene rings is 1. The van der Waals surface area contributed by atoms with Gasteiger partial charge in [-0.05, 0) is 24.6 Å². The van der Waals surface area contributed by atoms with Crippen molar-refractivity contribution < 1.29 is 13.2 Å². The molecule has 6 nitrogen and oxygen atoms in total. The third kappa shape index (κ3) is 6.85. The van der Waals surface area contributed by atoms with Crippen LogP contribution >= 0.6 is 24.0 Å². The highest BCUT2D eigenvalue weighted by Crippen LogP contribution is 2.29. The van der Waals surface area contributed by atoms with Crippen LogP contribution in [-0.2, 0) is 26.3 Å². The van der Waals surface area contributed by atoms with Crippen LogP contribution in [0.2, 0.25) is 0 Å². The van der Waals surface area contributed by atoms with Crippen molar-refractivity contribution in [2.75, 3.05) is 6.54 Å². The molecular formula is C17H22F3IN6. The fourth-order valence-corrected chi connectivity index (χ4v) is 2.13. The van der Waals surface area contributed by atoms with Crippen molar-refractivity contribution in [3.63, 3.8) is 0 Å². The van der Waals surface area contributed by atoms with Crippen molar-refractivity contribution in [1.82, 2.24) is 25.4 Å². The maximum absolute atomic E-state index is 12.8. The van der Waals surface area contributed by atoms with E-state index < -0.39 is 11.7 Å². The normalized spacial score (nSPS) is 11.7. The van der Waals surface area contributed by atoms with Crippen LogP contribution in [0.25, 0.3) is 0 Å². The molecule has 1 aromatic carbocycles. The third-order valence-corrected chi connectivity index (χ3v) is 3.68. The number of rotatable bonds is 6. The molecule has 148 valence electrons. The molecule has 2 rings (SSSR count). The van der Waals surface area contributed by atoms with Gasteiger partial charge in [0.1, 0.15) is 5.82 Å². The van der Waals surface area contributed by atoms with E-state index in [4.69, 9.17) is 0 Å². The minimum absolute atomic E-state index is 0. The lowest BCUT2D eigenvalue weighted by molar-refractivity contribution is -0.137. The number of hydrogen-bond donors (Lipinski definition) is 2. The molecule has 0 aliphatic heterocycles. The van der Waals surface area contributed by atoms with Gasteiger partial charge in [0.25, 0.3) is 0 Å². The van der Waals surface area contributed by atoms with Gasteiger partial charge in [0.2, 0.25) is 0 Å². The zero-order valence-corrected chi connectivity index (χ0v) is 17.4. The molecule has 1 heterocycles. The van der Waals surface area contributed by atoms with E-state index in [1.54, 1.807) is 12.1 Å². The highest BCUT2D eigenvalue weighted by atomic mass is 127. The maximum atomic E-state index is 12.8. The minimum Gasteiger partial charge on any atom is -0.353 e. The van der Waals surface area contributed by atoms with E-state index in [-0.39, 0.29) is 30.5 Å². The number of hydrogen-bond acceptors (Lipinski definition) is 3. The van der Waals surface area contributed by atoms with E-state index in [1.807, 2.05) is 18.5 Å². The summed E-state index contributed by atoms with van der Waals surface area (Å²) >= 11 is 0. The quantitative estimate of drug-likeness (QED) is 0.280. The summed E-state index contributed by atoms with van der Waals surface area (Å²) in [6.07, 6.45) is -2.71. The molecule has 0 saturated carbocycles. The molecule has 0 fully saturated rings. The first-order chi connectivity index (χ1) is 12.3. The lowest BCUT2D eigenvalue weighted by atomic mass is 10.1. The fourth-order valence-electron chi connectivity index (χ4n) is 2.13. The smallest absolute Gasteiger partial charge is 0.353 e. The molecule has 0 radical (unpaired) electrons. The van der Waals surface area contributed by atoms with E-state index in [0.29, 0.717) is 24.6 Å². The van der Waals surface area contributed by atoms with Crippen molar-refractivity contribution >= 4 is 29.9 Å². The van der Waals surface area contributed by atoms with Crippen LogP contribution in [0, 0.1) is 6.92 Å². The van der Waals surface area contributed by atoms with Crippen molar-refractivity contribution in [3.8, 4) is 0 Å². The molecule has 0 atom stereocenters. The Morgan fingerprint density at radius 3 is 2.63 bits per heavy atom. The van der Waals surface area contributed by atoms with Crippen molar-refractivity contribution in [3.05, 3.63) is 59.7 Å². The van der Waals surface area contributed by atoms with E-state index in [9.17, 15) is 13.2 Å². The van der Waals surface area contributed by atoms with Crippen molar-refractivity contribution in [2.45, 2.75) is 26.2 Å². The van der Waals surface area contributed by atoms with Gasteiger partial charge in [-0.2, -0.15) is 13.2 Å². The van der Waals surface area contributed by atoms with E-state index >= 15 is 0 Å². The van der Waals surface area contributed by atoms with Crippen molar-refractivity contribution in [1.29, 1.82) is 0 Å². The Morgan fingerprint density at radius 2 is 2.04 bits per heavy atom. The van der Waals surface area contributed by atoms with Gasteiger partial charge in [-0.15, -0.1) is 40.8 Å². The number of nitrogens with one attached hydrogen (secondary N) is 2. The van der Waals surface area contributed by atoms with Gasteiger partial charge in [0, 0.05) is 13.6 Å². The second-order valence-corrected chi connectivity index (χ2v) is 5.61. The molecule has 0 saturated heterocycles. The average Bonchev–Trinajstić information content (AvgIpc) is 2.92. The number of nitrogens with zero attached hydrogens (tertiary/aromatic N) is 4. The molecule has 2 N–H and O–H groups in total. The highest BCUT2D eigenvalue weighted by molar-refractivity contribution is 14.0. The van der Waals surface area contributed by atoms with Crippen LogP contribution in [0.5, 0.6) is 0 Å². The van der Waals surface area contributed by atoms with Crippen LogP contribution in [0.15, 0.2) is 41.9 Å². The Labute approximate surface area is 173 Å². The summed E-state index contributed by atoms with van der Waals surface area (Å²) < 4.78 is 40.2. The molecule has 27 heavy (non-hydrogen) atoms. The monoisotopic (exact) mass is 494 g/mol. The first-order valence-corrected chi connectivity index (χ1v) is 7.95. The summed E-state index contributed by atoms with van der Waals surface area (Å²) in [5, 5.41) is 14.1. The predicted molar refractivity (Wildman–Crippen MR) is 109 cm³/mol. The SMILES string of the molecule is C=CCNC(=NCc1cccc(C(F)(F)F)c1)NCc1nnc(C)n1C.I. The molecule has 1 aromatic heterocycles. The molecule has 0 spiro atoms. The summed E-state index contributed by atoms with van der Waals surface area (Å²) in [4.78, 5) is 4.33. The zero-order chi connectivity index (χ0) is 19.2. The summed E-state index contributed by atoms with van der Waals surface area (Å²) in [7, 11) is 1.85. The largest absolute Gasteiger partial charge is 0.416 e. The van der Waals surface area contributed by atoms with Gasteiger partial charge in [-0.3, -0.25) is 0 Å². The number of alkyl halides is 3. The van der Waals surface area contributed by atoms with Gasteiger partial charge < -0.3 is 15.2 Å². The van der Waals surface area contributed by atoms with Gasteiger partial charge in [-0.1, -0.05) is 18.2 Å². The molecule has 2 aromatic rings. The summed E-state index contributed by atoms with van der Waals surface area (Å²) in [6, 6.07) is 5.12. The van der Waals surface area contributed by atoms with Crippen LogP contribution in [-0.4, -0.2) is 27.3 Å². The first kappa shape index (κ1) is 22.9. The minimum atomic E-state index is -4.37. The fraction of sp³-hybridized carbons (Fsp3) is 0.353. The molecule has 0 aliphatic carbocycles. The standard InChI is InChI=1S/C17H21F3N6.HI/c1-4-8-21-16(23-11-15-25-24-12(2)26(15)3)22-10-13-6-5-7-14(9-13)17(18,19)20;/h4-7,9H,1,8,10-11H2,2-3H3,(H2,21,22,23);1H. The Kier molecular flexibility index (Phi) is 8.73. The number of aromatic nitrogens is 3. The highest BCUT2D eigenvalue weighted by Gasteiger charge is 2.30. The summed E-state index contributed by atoms with van der Waals surface area (Å²) in [5.41, 5.74) is -0.220. The second-order valence-electron chi connectivity index (χ2n) is 5.61. The Bertz CT molecular complexity index is 785. The number of aliphatic imine (C=N–C) groups is 1. The van der Waals surface area contributed by atoms with Crippen LogP contribution < -0.4 is 10.6 Å². The van der Waals surface area contributed by atoms with E-state index in [0.717, 1.165) is 23.8 Å². The van der Waals surface area contributed by atoms with Gasteiger partial charge in [-0.25, -0.2) is 4.99 Å². The Balaban J connectivity index is 0.00000364. The second kappa shape index (κ2) is 10.3. The summed E-state index contributed by atoms with van der Waals surface area (Å²) in [6.45, 7) is 6.42. The Hall–Kier alpha value is -2.11. The van der Waals surface area contributed by atoms with Gasteiger partial charge in [0.15, 0.2) is 11.8 Å². The van der Waals surface area contributed by atoms with Crippen LogP contribution in [0.3, 0.4) is 0 Å². The van der Waals surface area contributed by atoms with E-state index in [1.165, 1.54) is 6.07 Å². The molecular weight excluding hydrogens is 472 g/mol. The number of aryl methyl sites for hydroxylation is 1. The van der Waals surface area contributed by atoms with Crippen LogP contribution in [0.4, 0.5) is 13.2 Å². The third-order valence-electron chi connectivity index (χ3n) is 3.68. The number of guanidine groups is 1. The molecule has 0 amide bonds. The van der Waals surface area contributed by atoms with Crippen LogP contribution in [0.1, 0.15) is 22.8 Å². The topological polar surface area (TPSA) is 67.1 Å². The van der Waals surface area contributed by atoms with E-state index in [2.05, 4.69) is 32.4 Å². The average molecular weight is 494 g/mol. The zero-order valence-electron chi connectivity index (χ0n) is 15.0. The van der Waals surface area contributed by atoms with Gasteiger partial charge >= 0.3 is 6.18 Å². The predicted octanol–water partition coefficient (Wildman–Crippen LogP) is 3.18. The molecule has 10 heteroatoms. The maximum Gasteiger partial charge on any atom is 0.416 e. The Morgan fingerprint density at radius 1 is 1.30 bits per heavy atom. The molecule has 0 bridgehead atoms. The van der Waals surface area contributed by atoms with Crippen molar-refractivity contribution in [2.24, 2.45) is 12.0 Å². The number of halogens is 4. The summed E-state index contributed by atoms with van der Waals surface area (Å²) in [5.74, 6) is 1.95. The first-order valence-electron chi connectivity index (χ1n) is 7.95. The van der Waals surface area contributed by atoms with Gasteiger partial charge in [0.05, 0.1) is 18.7 Å².